The van der Waals surface area contributed by atoms with Crippen molar-refractivity contribution in [3.63, 3.8) is 0 Å². The van der Waals surface area contributed by atoms with E-state index >= 15 is 0 Å². The zero-order valence-electron chi connectivity index (χ0n) is 5.47. The molecule has 0 radical (unpaired) electrons. The van der Waals surface area contributed by atoms with Crippen LogP contribution in [-0.4, -0.2) is 39.0 Å². The van der Waals surface area contributed by atoms with Crippen molar-refractivity contribution >= 4 is 12.2 Å². The van der Waals surface area contributed by atoms with Gasteiger partial charge in [0.15, 0.2) is 0 Å². The van der Waals surface area contributed by atoms with Gasteiger partial charge in [-0.1, -0.05) is 0 Å². The lowest BCUT2D eigenvalue weighted by molar-refractivity contribution is 0.0493. The Hall–Kier alpha value is -1.72. The Morgan fingerprint density at radius 1 is 1.27 bits per heavy atom. The Morgan fingerprint density at radius 2 is 1.91 bits per heavy atom. The molecule has 1 heterocycles. The molecule has 0 aromatic carbocycles. The van der Waals surface area contributed by atoms with Crippen LogP contribution in [0.2, 0.25) is 0 Å². The van der Waals surface area contributed by atoms with Gasteiger partial charge in [0.25, 0.3) is 0 Å². The molecule has 0 fully saturated rings. The highest BCUT2D eigenvalue weighted by molar-refractivity contribution is 5.73. The fourth-order valence-electron chi connectivity index (χ4n) is 0.753. The number of rotatable bonds is 0. The van der Waals surface area contributed by atoms with Gasteiger partial charge in [0.2, 0.25) is 0 Å². The molecule has 2 N–H and O–H groups in total. The highest BCUT2D eigenvalue weighted by Gasteiger charge is 2.25. The average Bonchev–Trinajstić information content (AvgIpc) is 2.32. The summed E-state index contributed by atoms with van der Waals surface area (Å²) >= 11 is 0. The Kier molecular flexibility index (Phi) is 1.67. The summed E-state index contributed by atoms with van der Waals surface area (Å²) in [5, 5.41) is 18.1. The second-order valence-corrected chi connectivity index (χ2v) is 1.88. The third-order valence-electron chi connectivity index (χ3n) is 1.20. The summed E-state index contributed by atoms with van der Waals surface area (Å²) in [4.78, 5) is 20.6. The van der Waals surface area contributed by atoms with E-state index in [9.17, 15) is 9.59 Å². The summed E-state index contributed by atoms with van der Waals surface area (Å²) < 4.78 is 0. The molecule has 6 heteroatoms. The lowest BCUT2D eigenvalue weighted by Gasteiger charge is -2.20. The molecular weight excluding hydrogens is 152 g/mol. The number of hydrazine groups is 1. The summed E-state index contributed by atoms with van der Waals surface area (Å²) in [6.07, 6.45) is 0.0529. The van der Waals surface area contributed by atoms with Crippen molar-refractivity contribution in [1.29, 1.82) is 0 Å². The molecule has 0 unspecified atom stereocenters. The fourth-order valence-corrected chi connectivity index (χ4v) is 0.753. The molecule has 0 atom stereocenters. The zero-order valence-corrected chi connectivity index (χ0v) is 5.47. The number of carbonyl (C=O) groups is 2. The molecule has 60 valence electrons. The smallest absolute Gasteiger partial charge is 0.430 e. The first-order valence-electron chi connectivity index (χ1n) is 2.82. The van der Waals surface area contributed by atoms with Crippen molar-refractivity contribution in [1.82, 2.24) is 10.0 Å². The maximum Gasteiger partial charge on any atom is 0.430 e. The molecule has 1 rings (SSSR count). The first-order chi connectivity index (χ1) is 5.13. The Morgan fingerprint density at radius 3 is 2.27 bits per heavy atom. The van der Waals surface area contributed by atoms with E-state index in [-0.39, 0.29) is 6.54 Å². The van der Waals surface area contributed by atoms with E-state index in [1.54, 1.807) is 0 Å². The lowest BCUT2D eigenvalue weighted by Crippen LogP contribution is -2.42. The van der Waals surface area contributed by atoms with Crippen LogP contribution in [0.4, 0.5) is 9.59 Å². The van der Waals surface area contributed by atoms with E-state index in [1.165, 1.54) is 12.3 Å². The fraction of sp³-hybridized carbons (Fsp3) is 0.200. The number of hydrogen-bond acceptors (Lipinski definition) is 2. The predicted molar refractivity (Wildman–Crippen MR) is 33.7 cm³/mol. The van der Waals surface area contributed by atoms with Gasteiger partial charge in [-0.25, -0.2) is 14.6 Å². The van der Waals surface area contributed by atoms with Crippen molar-refractivity contribution in [3.05, 3.63) is 12.3 Å². The summed E-state index contributed by atoms with van der Waals surface area (Å²) in [5.41, 5.74) is 0. The number of nitrogens with zero attached hydrogens (tertiary/aromatic N) is 2. The zero-order chi connectivity index (χ0) is 8.43. The van der Waals surface area contributed by atoms with Gasteiger partial charge in [0, 0.05) is 6.20 Å². The second-order valence-electron chi connectivity index (χ2n) is 1.88. The van der Waals surface area contributed by atoms with Gasteiger partial charge in [0.05, 0.1) is 6.54 Å². The van der Waals surface area contributed by atoms with Gasteiger partial charge in [-0.05, 0) is 6.08 Å². The number of hydrogen-bond donors (Lipinski definition) is 2. The van der Waals surface area contributed by atoms with Gasteiger partial charge in [-0.15, -0.1) is 0 Å². The maximum atomic E-state index is 10.3. The number of amides is 2. The van der Waals surface area contributed by atoms with Gasteiger partial charge >= 0.3 is 12.2 Å². The largest absolute Gasteiger partial charge is 0.464 e. The molecule has 0 saturated carbocycles. The van der Waals surface area contributed by atoms with Crippen LogP contribution in [0, 0.1) is 0 Å². The molecule has 2 amide bonds. The third-order valence-corrected chi connectivity index (χ3v) is 1.20. The molecule has 0 saturated heterocycles. The average molecular weight is 158 g/mol. The van der Waals surface area contributed by atoms with E-state index in [1.807, 2.05) is 0 Å². The van der Waals surface area contributed by atoms with Crippen LogP contribution in [0.15, 0.2) is 12.3 Å². The van der Waals surface area contributed by atoms with E-state index in [2.05, 4.69) is 0 Å². The van der Waals surface area contributed by atoms with Crippen molar-refractivity contribution in [2.24, 2.45) is 0 Å². The maximum absolute atomic E-state index is 10.3. The Labute approximate surface area is 61.9 Å². The van der Waals surface area contributed by atoms with Gasteiger partial charge in [0.1, 0.15) is 0 Å². The molecule has 6 nitrogen and oxygen atoms in total. The highest BCUT2D eigenvalue weighted by atomic mass is 16.4. The summed E-state index contributed by atoms with van der Waals surface area (Å²) in [6, 6.07) is 0. The molecule has 11 heavy (non-hydrogen) atoms. The van der Waals surface area contributed by atoms with Gasteiger partial charge in [-0.2, -0.15) is 5.01 Å². The molecule has 1 aliphatic rings. The third kappa shape index (κ3) is 1.23. The molecule has 0 spiro atoms. The minimum Gasteiger partial charge on any atom is -0.464 e. The molecule has 0 aromatic heterocycles. The van der Waals surface area contributed by atoms with Crippen LogP contribution in [0.3, 0.4) is 0 Å². The standard InChI is InChI=1S/C5H6N2O4/c8-4(9)6-2-1-3-7(6)5(10)11/h1-2H,3H2,(H,8,9)(H,10,11). The lowest BCUT2D eigenvalue weighted by atomic mass is 10.6. The van der Waals surface area contributed by atoms with Crippen LogP contribution in [0.1, 0.15) is 0 Å². The van der Waals surface area contributed by atoms with E-state index in [0.29, 0.717) is 10.0 Å². The predicted octanol–water partition coefficient (Wildman–Crippen LogP) is 0.389. The SMILES string of the molecule is O=C(O)N1C=CCN1C(=O)O. The van der Waals surface area contributed by atoms with Crippen LogP contribution in [-0.2, 0) is 0 Å². The first-order valence-corrected chi connectivity index (χ1v) is 2.82. The van der Waals surface area contributed by atoms with Crippen molar-refractivity contribution in [2.45, 2.75) is 0 Å². The Bertz CT molecular complexity index is 225. The van der Waals surface area contributed by atoms with Gasteiger partial charge in [-0.3, -0.25) is 0 Å². The summed E-state index contributed by atoms with van der Waals surface area (Å²) in [7, 11) is 0. The van der Waals surface area contributed by atoms with E-state index < -0.39 is 12.2 Å². The number of carboxylic acid groups (broad SMARTS) is 2. The van der Waals surface area contributed by atoms with Crippen LogP contribution >= 0.6 is 0 Å². The normalized spacial score (nSPS) is 15.6. The van der Waals surface area contributed by atoms with E-state index in [0.717, 1.165) is 0 Å². The van der Waals surface area contributed by atoms with Crippen LogP contribution < -0.4 is 0 Å². The van der Waals surface area contributed by atoms with Crippen molar-refractivity contribution < 1.29 is 19.8 Å². The van der Waals surface area contributed by atoms with Crippen molar-refractivity contribution in [2.75, 3.05) is 6.54 Å². The first kappa shape index (κ1) is 7.39. The summed E-state index contributed by atoms with van der Waals surface area (Å²) in [5.74, 6) is 0. The summed E-state index contributed by atoms with van der Waals surface area (Å²) in [6.45, 7) is 0.0850. The van der Waals surface area contributed by atoms with Crippen LogP contribution in [0.25, 0.3) is 0 Å². The molecule has 0 aliphatic carbocycles. The second kappa shape index (κ2) is 2.49. The monoisotopic (exact) mass is 158 g/mol. The molecular formula is C5H6N2O4. The van der Waals surface area contributed by atoms with E-state index in [4.69, 9.17) is 10.2 Å². The molecule has 1 aliphatic heterocycles. The molecule has 0 aromatic rings. The van der Waals surface area contributed by atoms with Gasteiger partial charge < -0.3 is 10.2 Å². The Balaban J connectivity index is 2.71. The minimum atomic E-state index is -1.30. The minimum absolute atomic E-state index is 0.0850. The topological polar surface area (TPSA) is 81.1 Å². The quantitative estimate of drug-likeness (QED) is 0.534. The molecule has 0 bridgehead atoms. The van der Waals surface area contributed by atoms with Crippen molar-refractivity contribution in [3.8, 4) is 0 Å². The highest BCUT2D eigenvalue weighted by Crippen LogP contribution is 2.07. The van der Waals surface area contributed by atoms with Crippen LogP contribution in [0.5, 0.6) is 0 Å².